The molecular formula is C19H22ClNO2. The summed E-state index contributed by atoms with van der Waals surface area (Å²) in [6.45, 7) is 4.37. The zero-order valence-corrected chi connectivity index (χ0v) is 14.3. The summed E-state index contributed by atoms with van der Waals surface area (Å²) >= 11 is 6.11. The van der Waals surface area contributed by atoms with Gasteiger partial charge in [0.2, 0.25) is 0 Å². The lowest BCUT2D eigenvalue weighted by molar-refractivity contribution is -0.127. The molecule has 2 aromatic carbocycles. The highest BCUT2D eigenvalue weighted by atomic mass is 35.5. The molecule has 122 valence electrons. The van der Waals surface area contributed by atoms with Crippen molar-refractivity contribution in [3.8, 4) is 5.75 Å². The van der Waals surface area contributed by atoms with Gasteiger partial charge in [-0.1, -0.05) is 47.5 Å². The molecule has 3 nitrogen and oxygen atoms in total. The van der Waals surface area contributed by atoms with Crippen LogP contribution >= 0.6 is 11.6 Å². The number of nitrogens with one attached hydrogen (secondary N) is 1. The van der Waals surface area contributed by atoms with E-state index < -0.39 is 6.10 Å². The third kappa shape index (κ3) is 5.61. The topological polar surface area (TPSA) is 38.3 Å². The first-order valence-electron chi connectivity index (χ1n) is 7.80. The first-order chi connectivity index (χ1) is 11.1. The summed E-state index contributed by atoms with van der Waals surface area (Å²) in [4.78, 5) is 12.0. The monoisotopic (exact) mass is 331 g/mol. The molecule has 4 heteroatoms. The highest BCUT2D eigenvalue weighted by Gasteiger charge is 2.13. The van der Waals surface area contributed by atoms with E-state index in [1.54, 1.807) is 6.92 Å². The average molecular weight is 332 g/mol. The van der Waals surface area contributed by atoms with Gasteiger partial charge in [0.1, 0.15) is 5.75 Å². The molecule has 1 amide bonds. The fraction of sp³-hybridized carbons (Fsp3) is 0.316. The van der Waals surface area contributed by atoms with Crippen LogP contribution < -0.4 is 10.1 Å². The summed E-state index contributed by atoms with van der Waals surface area (Å²) in [6, 6.07) is 15.4. The quantitative estimate of drug-likeness (QED) is 0.773. The highest BCUT2D eigenvalue weighted by molar-refractivity contribution is 6.31. The van der Waals surface area contributed by atoms with Crippen molar-refractivity contribution in [3.05, 3.63) is 64.7 Å². The largest absolute Gasteiger partial charge is 0.481 e. The Balaban J connectivity index is 1.72. The maximum absolute atomic E-state index is 12.0. The van der Waals surface area contributed by atoms with Gasteiger partial charge < -0.3 is 10.1 Å². The van der Waals surface area contributed by atoms with Gasteiger partial charge in [0.15, 0.2) is 6.10 Å². The second-order valence-electron chi connectivity index (χ2n) is 5.56. The number of carbonyl (C=O) groups excluding carboxylic acids is 1. The van der Waals surface area contributed by atoms with Crippen molar-refractivity contribution in [2.45, 2.75) is 32.8 Å². The van der Waals surface area contributed by atoms with E-state index in [4.69, 9.17) is 16.3 Å². The van der Waals surface area contributed by atoms with Crippen molar-refractivity contribution in [2.75, 3.05) is 6.54 Å². The van der Waals surface area contributed by atoms with Crippen molar-refractivity contribution >= 4 is 17.5 Å². The Kier molecular flexibility index (Phi) is 6.48. The molecule has 0 aromatic heterocycles. The number of carbonyl (C=O) groups is 1. The summed E-state index contributed by atoms with van der Waals surface area (Å²) in [5, 5.41) is 3.67. The van der Waals surface area contributed by atoms with Gasteiger partial charge in [0.05, 0.1) is 0 Å². The molecule has 0 bridgehead atoms. The number of ether oxygens (including phenoxy) is 1. The average Bonchev–Trinajstić information content (AvgIpc) is 2.55. The first kappa shape index (κ1) is 17.4. The number of rotatable bonds is 7. The van der Waals surface area contributed by atoms with Gasteiger partial charge in [0, 0.05) is 11.6 Å². The predicted molar refractivity (Wildman–Crippen MR) is 94.1 cm³/mol. The number of amides is 1. The maximum atomic E-state index is 12.0. The molecule has 2 aromatic rings. The molecule has 1 atom stereocenters. The summed E-state index contributed by atoms with van der Waals surface area (Å²) in [5.41, 5.74) is 2.27. The van der Waals surface area contributed by atoms with Crippen molar-refractivity contribution < 1.29 is 9.53 Å². The molecule has 0 heterocycles. The van der Waals surface area contributed by atoms with Crippen molar-refractivity contribution in [3.63, 3.8) is 0 Å². The number of halogens is 1. The Morgan fingerprint density at radius 2 is 1.87 bits per heavy atom. The lowest BCUT2D eigenvalue weighted by atomic mass is 10.1. The summed E-state index contributed by atoms with van der Waals surface area (Å²) in [7, 11) is 0. The Bertz CT molecular complexity index is 640. The van der Waals surface area contributed by atoms with E-state index in [1.807, 2.05) is 55.5 Å². The van der Waals surface area contributed by atoms with Crippen molar-refractivity contribution in [2.24, 2.45) is 0 Å². The minimum atomic E-state index is -0.516. The molecule has 23 heavy (non-hydrogen) atoms. The number of benzene rings is 2. The summed E-state index contributed by atoms with van der Waals surface area (Å²) in [6.07, 6.45) is 1.16. The van der Waals surface area contributed by atoms with E-state index >= 15 is 0 Å². The molecule has 0 fully saturated rings. The Morgan fingerprint density at radius 3 is 2.57 bits per heavy atom. The fourth-order valence-electron chi connectivity index (χ4n) is 2.21. The maximum Gasteiger partial charge on any atom is 0.260 e. The third-order valence-electron chi connectivity index (χ3n) is 3.58. The van der Waals surface area contributed by atoms with Gasteiger partial charge in [-0.25, -0.2) is 0 Å². The van der Waals surface area contributed by atoms with Crippen LogP contribution in [-0.2, 0) is 11.2 Å². The number of aryl methyl sites for hydroxylation is 2. The molecular weight excluding hydrogens is 310 g/mol. The van der Waals surface area contributed by atoms with Crippen LogP contribution in [0.1, 0.15) is 24.5 Å². The van der Waals surface area contributed by atoms with E-state index in [0.717, 1.165) is 29.0 Å². The zero-order chi connectivity index (χ0) is 16.7. The standard InChI is InChI=1S/C19H22ClNO2/c1-14-9-11-17(12-10-14)23-15(2)19(22)21-13-5-7-16-6-3-4-8-18(16)20/h3-4,6,8-12,15H,5,7,13H2,1-2H3,(H,21,22)/t15-/m0/s1. The molecule has 0 aliphatic rings. The third-order valence-corrected chi connectivity index (χ3v) is 3.95. The first-order valence-corrected chi connectivity index (χ1v) is 8.18. The van der Waals surface area contributed by atoms with Crippen LogP contribution in [0.3, 0.4) is 0 Å². The lowest BCUT2D eigenvalue weighted by Crippen LogP contribution is -2.36. The van der Waals surface area contributed by atoms with E-state index in [-0.39, 0.29) is 5.91 Å². The molecule has 2 rings (SSSR count). The van der Waals surface area contributed by atoms with Gasteiger partial charge in [-0.2, -0.15) is 0 Å². The zero-order valence-electron chi connectivity index (χ0n) is 13.5. The van der Waals surface area contributed by atoms with Crippen molar-refractivity contribution in [1.82, 2.24) is 5.32 Å². The van der Waals surface area contributed by atoms with Gasteiger partial charge in [-0.3, -0.25) is 4.79 Å². The highest BCUT2D eigenvalue weighted by Crippen LogP contribution is 2.16. The van der Waals surface area contributed by atoms with E-state index in [2.05, 4.69) is 5.32 Å². The molecule has 0 unspecified atom stereocenters. The summed E-state index contributed by atoms with van der Waals surface area (Å²) in [5.74, 6) is 0.596. The van der Waals surface area contributed by atoms with E-state index in [1.165, 1.54) is 0 Å². The number of hydrogen-bond donors (Lipinski definition) is 1. The lowest BCUT2D eigenvalue weighted by Gasteiger charge is -2.15. The Hall–Kier alpha value is -2.00. The SMILES string of the molecule is Cc1ccc(O[C@@H](C)C(=O)NCCCc2ccccc2Cl)cc1. The molecule has 0 radical (unpaired) electrons. The fourth-order valence-corrected chi connectivity index (χ4v) is 2.44. The molecule has 0 aliphatic heterocycles. The van der Waals surface area contributed by atoms with E-state index in [0.29, 0.717) is 12.3 Å². The normalized spacial score (nSPS) is 11.8. The van der Waals surface area contributed by atoms with Crippen LogP contribution in [0.15, 0.2) is 48.5 Å². The van der Waals surface area contributed by atoms with Crippen molar-refractivity contribution in [1.29, 1.82) is 0 Å². The second kappa shape index (κ2) is 8.59. The Labute approximate surface area is 142 Å². The predicted octanol–water partition coefficient (Wildman–Crippen LogP) is 4.16. The molecule has 0 spiro atoms. The van der Waals surface area contributed by atoms with Gasteiger partial charge in [-0.15, -0.1) is 0 Å². The summed E-state index contributed by atoms with van der Waals surface area (Å²) < 4.78 is 5.63. The number of hydrogen-bond acceptors (Lipinski definition) is 2. The van der Waals surface area contributed by atoms with Crippen LogP contribution in [0.25, 0.3) is 0 Å². The van der Waals surface area contributed by atoms with Crippen LogP contribution in [0.2, 0.25) is 5.02 Å². The van der Waals surface area contributed by atoms with Crippen LogP contribution in [0, 0.1) is 6.92 Å². The molecule has 0 saturated heterocycles. The molecule has 0 saturated carbocycles. The van der Waals surface area contributed by atoms with Crippen LogP contribution in [0.4, 0.5) is 0 Å². The smallest absolute Gasteiger partial charge is 0.260 e. The van der Waals surface area contributed by atoms with Gasteiger partial charge in [0.25, 0.3) is 5.91 Å². The van der Waals surface area contributed by atoms with Crippen LogP contribution in [0.5, 0.6) is 5.75 Å². The minimum absolute atomic E-state index is 0.107. The van der Waals surface area contributed by atoms with E-state index in [9.17, 15) is 4.79 Å². The Morgan fingerprint density at radius 1 is 1.17 bits per heavy atom. The molecule has 1 N–H and O–H groups in total. The second-order valence-corrected chi connectivity index (χ2v) is 5.97. The molecule has 0 aliphatic carbocycles. The van der Waals surface area contributed by atoms with Crippen LogP contribution in [-0.4, -0.2) is 18.6 Å². The van der Waals surface area contributed by atoms with Gasteiger partial charge >= 0.3 is 0 Å². The van der Waals surface area contributed by atoms with Gasteiger partial charge in [-0.05, 0) is 50.5 Å². The minimum Gasteiger partial charge on any atom is -0.481 e.